The molecule has 0 aromatic heterocycles. The Hall–Kier alpha value is -3.41. The molecular formula is C21H21NO5. The molecule has 6 nitrogen and oxygen atoms in total. The smallest absolute Gasteiger partial charge is 0.337 e. The summed E-state index contributed by atoms with van der Waals surface area (Å²) in [5.74, 6) is -1.49. The number of ether oxygens (including phenoxy) is 2. The zero-order valence-electron chi connectivity index (χ0n) is 15.4. The van der Waals surface area contributed by atoms with E-state index >= 15 is 0 Å². The Morgan fingerprint density at radius 2 is 1.63 bits per heavy atom. The number of rotatable bonds is 6. The summed E-state index contributed by atoms with van der Waals surface area (Å²) < 4.78 is 9.72. The maximum atomic E-state index is 12.1. The zero-order valence-corrected chi connectivity index (χ0v) is 15.4. The van der Waals surface area contributed by atoms with E-state index in [-0.39, 0.29) is 0 Å². The first kappa shape index (κ1) is 19.9. The summed E-state index contributed by atoms with van der Waals surface area (Å²) in [7, 11) is 1.31. The molecular weight excluding hydrogens is 346 g/mol. The van der Waals surface area contributed by atoms with Gasteiger partial charge in [0.1, 0.15) is 0 Å². The molecule has 0 aliphatic rings. The third kappa shape index (κ3) is 6.11. The van der Waals surface area contributed by atoms with Crippen molar-refractivity contribution in [2.75, 3.05) is 12.4 Å². The lowest BCUT2D eigenvalue weighted by atomic mass is 10.1. The quantitative estimate of drug-likeness (QED) is 0.625. The lowest BCUT2D eigenvalue weighted by Crippen LogP contribution is -2.29. The predicted octanol–water partition coefficient (Wildman–Crippen LogP) is 3.37. The van der Waals surface area contributed by atoms with Crippen LogP contribution in [0.3, 0.4) is 0 Å². The molecule has 1 unspecified atom stereocenters. The molecule has 0 aliphatic carbocycles. The van der Waals surface area contributed by atoms with E-state index in [0.717, 1.165) is 5.56 Å². The van der Waals surface area contributed by atoms with E-state index in [1.807, 2.05) is 19.1 Å². The number of carbonyl (C=O) groups excluding carboxylic acids is 3. The average molecular weight is 367 g/mol. The first-order valence-corrected chi connectivity index (χ1v) is 8.33. The van der Waals surface area contributed by atoms with Crippen LogP contribution in [0, 0.1) is 6.92 Å². The standard InChI is InChI=1S/C21H21NO5/c1-14-4-11-18(12-5-14)22-20(24)15(2)27-19(23)13-8-16-6-9-17(10-7-16)21(25)26-3/h4-13,15H,1-3H3,(H,22,24)/b13-8+. The molecule has 0 heterocycles. The number of nitrogens with one attached hydrogen (secondary N) is 1. The SMILES string of the molecule is COC(=O)c1ccc(/C=C/C(=O)OC(C)C(=O)Nc2ccc(C)cc2)cc1. The maximum absolute atomic E-state index is 12.1. The van der Waals surface area contributed by atoms with E-state index in [0.29, 0.717) is 16.8 Å². The van der Waals surface area contributed by atoms with Crippen LogP contribution in [0.1, 0.15) is 28.4 Å². The van der Waals surface area contributed by atoms with E-state index in [2.05, 4.69) is 10.1 Å². The molecule has 2 aromatic carbocycles. The molecule has 0 radical (unpaired) electrons. The van der Waals surface area contributed by atoms with Gasteiger partial charge in [-0.05, 0) is 49.8 Å². The van der Waals surface area contributed by atoms with Gasteiger partial charge >= 0.3 is 11.9 Å². The van der Waals surface area contributed by atoms with Crippen molar-refractivity contribution < 1.29 is 23.9 Å². The van der Waals surface area contributed by atoms with Gasteiger partial charge < -0.3 is 14.8 Å². The van der Waals surface area contributed by atoms with Crippen molar-refractivity contribution in [2.45, 2.75) is 20.0 Å². The molecule has 1 atom stereocenters. The summed E-state index contributed by atoms with van der Waals surface area (Å²) in [6, 6.07) is 13.8. The molecule has 6 heteroatoms. The molecule has 0 aliphatic heterocycles. The van der Waals surface area contributed by atoms with Crippen LogP contribution in [0.25, 0.3) is 6.08 Å². The van der Waals surface area contributed by atoms with Crippen LogP contribution < -0.4 is 5.32 Å². The van der Waals surface area contributed by atoms with Gasteiger partial charge in [-0.1, -0.05) is 29.8 Å². The predicted molar refractivity (Wildman–Crippen MR) is 102 cm³/mol. The topological polar surface area (TPSA) is 81.7 Å². The van der Waals surface area contributed by atoms with Crippen LogP contribution in [-0.2, 0) is 19.1 Å². The van der Waals surface area contributed by atoms with Crippen molar-refractivity contribution in [3.8, 4) is 0 Å². The summed E-state index contributed by atoms with van der Waals surface area (Å²) in [6.07, 6.45) is 1.82. The monoisotopic (exact) mass is 367 g/mol. The Morgan fingerprint density at radius 1 is 1.00 bits per heavy atom. The summed E-state index contributed by atoms with van der Waals surface area (Å²) in [4.78, 5) is 35.3. The van der Waals surface area contributed by atoms with Crippen LogP contribution in [-0.4, -0.2) is 31.1 Å². The second kappa shape index (κ2) is 9.33. The molecule has 140 valence electrons. The fourth-order valence-corrected chi connectivity index (χ4v) is 2.16. The highest BCUT2D eigenvalue weighted by molar-refractivity contribution is 5.96. The number of amides is 1. The molecule has 0 spiro atoms. The second-order valence-corrected chi connectivity index (χ2v) is 5.88. The number of esters is 2. The molecule has 2 rings (SSSR count). The Kier molecular flexibility index (Phi) is 6.88. The number of hydrogen-bond acceptors (Lipinski definition) is 5. The Morgan fingerprint density at radius 3 is 2.22 bits per heavy atom. The minimum Gasteiger partial charge on any atom is -0.465 e. The van der Waals surface area contributed by atoms with E-state index in [9.17, 15) is 14.4 Å². The fraction of sp³-hybridized carbons (Fsp3) is 0.190. The van der Waals surface area contributed by atoms with Crippen molar-refractivity contribution in [3.63, 3.8) is 0 Å². The van der Waals surface area contributed by atoms with E-state index in [1.54, 1.807) is 36.4 Å². The molecule has 27 heavy (non-hydrogen) atoms. The molecule has 2 aromatic rings. The molecule has 1 N–H and O–H groups in total. The number of aryl methyl sites for hydroxylation is 1. The lowest BCUT2D eigenvalue weighted by molar-refractivity contribution is -0.148. The molecule has 0 bridgehead atoms. The number of hydrogen-bond donors (Lipinski definition) is 1. The minimum absolute atomic E-state index is 0.414. The largest absolute Gasteiger partial charge is 0.465 e. The summed E-state index contributed by atoms with van der Waals surface area (Å²) in [6.45, 7) is 3.45. The van der Waals surface area contributed by atoms with Crippen LogP contribution in [0.4, 0.5) is 5.69 Å². The van der Waals surface area contributed by atoms with E-state index < -0.39 is 23.9 Å². The number of benzene rings is 2. The Labute approximate surface area is 157 Å². The van der Waals surface area contributed by atoms with Gasteiger partial charge in [-0.15, -0.1) is 0 Å². The summed E-state index contributed by atoms with van der Waals surface area (Å²) in [5, 5.41) is 2.69. The van der Waals surface area contributed by atoms with Crippen LogP contribution in [0.2, 0.25) is 0 Å². The van der Waals surface area contributed by atoms with Crippen molar-refractivity contribution in [3.05, 3.63) is 71.3 Å². The van der Waals surface area contributed by atoms with Crippen LogP contribution >= 0.6 is 0 Å². The normalized spacial score (nSPS) is 11.7. The molecule has 0 fully saturated rings. The zero-order chi connectivity index (χ0) is 19.8. The maximum Gasteiger partial charge on any atom is 0.337 e. The van der Waals surface area contributed by atoms with Crippen molar-refractivity contribution in [1.82, 2.24) is 0 Å². The average Bonchev–Trinajstić information content (AvgIpc) is 2.67. The molecule has 1 amide bonds. The third-order valence-electron chi connectivity index (χ3n) is 3.72. The molecule has 0 saturated heterocycles. The van der Waals surface area contributed by atoms with Gasteiger partial charge in [-0.3, -0.25) is 4.79 Å². The second-order valence-electron chi connectivity index (χ2n) is 5.88. The first-order chi connectivity index (χ1) is 12.9. The van der Waals surface area contributed by atoms with E-state index in [1.165, 1.54) is 26.2 Å². The van der Waals surface area contributed by atoms with Gasteiger partial charge in [0, 0.05) is 11.8 Å². The van der Waals surface area contributed by atoms with Gasteiger partial charge in [0.15, 0.2) is 6.10 Å². The molecule has 0 saturated carbocycles. The van der Waals surface area contributed by atoms with Gasteiger partial charge in [-0.2, -0.15) is 0 Å². The van der Waals surface area contributed by atoms with Crippen molar-refractivity contribution in [1.29, 1.82) is 0 Å². The number of carbonyl (C=O) groups is 3. The van der Waals surface area contributed by atoms with Crippen molar-refractivity contribution in [2.24, 2.45) is 0 Å². The highest BCUT2D eigenvalue weighted by atomic mass is 16.5. The summed E-state index contributed by atoms with van der Waals surface area (Å²) >= 11 is 0. The fourth-order valence-electron chi connectivity index (χ4n) is 2.16. The lowest BCUT2D eigenvalue weighted by Gasteiger charge is -2.12. The first-order valence-electron chi connectivity index (χ1n) is 8.33. The van der Waals surface area contributed by atoms with E-state index in [4.69, 9.17) is 4.74 Å². The number of methoxy groups -OCH3 is 1. The highest BCUT2D eigenvalue weighted by Crippen LogP contribution is 2.10. The van der Waals surface area contributed by atoms with Gasteiger partial charge in [0.2, 0.25) is 0 Å². The number of anilines is 1. The minimum atomic E-state index is -0.940. The van der Waals surface area contributed by atoms with Crippen LogP contribution in [0.5, 0.6) is 0 Å². The summed E-state index contributed by atoms with van der Waals surface area (Å²) in [5.41, 5.74) is 2.84. The Bertz CT molecular complexity index is 838. The highest BCUT2D eigenvalue weighted by Gasteiger charge is 2.16. The van der Waals surface area contributed by atoms with Crippen LogP contribution in [0.15, 0.2) is 54.6 Å². The van der Waals surface area contributed by atoms with Crippen molar-refractivity contribution >= 4 is 29.6 Å². The Balaban J connectivity index is 1.88. The van der Waals surface area contributed by atoms with Gasteiger partial charge in [-0.25, -0.2) is 9.59 Å². The van der Waals surface area contributed by atoms with Gasteiger partial charge in [0.25, 0.3) is 5.91 Å². The third-order valence-corrected chi connectivity index (χ3v) is 3.72. The van der Waals surface area contributed by atoms with Gasteiger partial charge in [0.05, 0.1) is 12.7 Å².